The maximum Gasteiger partial charge on any atom is 0.0708 e. The monoisotopic (exact) mass is 289 g/mol. The van der Waals surface area contributed by atoms with E-state index in [0.29, 0.717) is 0 Å². The minimum atomic E-state index is 0.860. The normalized spacial score (nSPS) is 10.6. The van der Waals surface area contributed by atoms with E-state index >= 15 is 0 Å². The number of nitrogens with zero attached hydrogens (tertiary/aromatic N) is 1. The second-order valence-corrected chi connectivity index (χ2v) is 4.95. The fourth-order valence-corrected chi connectivity index (χ4v) is 2.49. The summed E-state index contributed by atoms with van der Waals surface area (Å²) in [7, 11) is 0. The molecular formula is C15H16BrN. The molecule has 0 amide bonds. The second kappa shape index (κ2) is 5.01. The highest BCUT2D eigenvalue weighted by Gasteiger charge is 2.06. The van der Waals surface area contributed by atoms with Crippen LogP contribution in [0.3, 0.4) is 0 Å². The summed E-state index contributed by atoms with van der Waals surface area (Å²) in [5.74, 6) is 0. The van der Waals surface area contributed by atoms with Gasteiger partial charge >= 0.3 is 0 Å². The molecule has 0 atom stereocenters. The molecule has 2 heteroatoms. The van der Waals surface area contributed by atoms with Crippen molar-refractivity contribution in [2.75, 3.05) is 0 Å². The van der Waals surface area contributed by atoms with Crippen LogP contribution in [0.2, 0.25) is 0 Å². The van der Waals surface area contributed by atoms with Gasteiger partial charge in [0, 0.05) is 16.6 Å². The van der Waals surface area contributed by atoms with Gasteiger partial charge in [-0.1, -0.05) is 39.7 Å². The zero-order valence-corrected chi connectivity index (χ0v) is 12.0. The van der Waals surface area contributed by atoms with Gasteiger partial charge in [0.25, 0.3) is 0 Å². The minimum Gasteiger partial charge on any atom is -0.253 e. The van der Waals surface area contributed by atoms with Gasteiger partial charge in [-0.2, -0.15) is 0 Å². The molecule has 0 spiro atoms. The molecule has 0 saturated carbocycles. The van der Waals surface area contributed by atoms with Crippen LogP contribution in [-0.4, -0.2) is 4.98 Å². The van der Waals surface area contributed by atoms with Crippen molar-refractivity contribution < 1.29 is 0 Å². The number of aromatic nitrogens is 1. The Labute approximate surface area is 111 Å². The molecule has 2 aromatic rings. The molecule has 2 rings (SSSR count). The Morgan fingerprint density at radius 2 is 1.82 bits per heavy atom. The van der Waals surface area contributed by atoms with E-state index in [4.69, 9.17) is 0 Å². The highest BCUT2D eigenvalue weighted by Crippen LogP contribution is 2.24. The van der Waals surface area contributed by atoms with Crippen molar-refractivity contribution in [1.29, 1.82) is 0 Å². The average Bonchev–Trinajstić information content (AvgIpc) is 2.32. The molecule has 1 heterocycles. The van der Waals surface area contributed by atoms with Crippen molar-refractivity contribution in [2.24, 2.45) is 0 Å². The first kappa shape index (κ1) is 12.3. The molecule has 0 aliphatic rings. The number of pyridine rings is 1. The van der Waals surface area contributed by atoms with Crippen molar-refractivity contribution in [1.82, 2.24) is 4.98 Å². The number of alkyl halides is 1. The van der Waals surface area contributed by atoms with E-state index in [1.807, 2.05) is 0 Å². The van der Waals surface area contributed by atoms with Gasteiger partial charge in [-0.3, -0.25) is 4.98 Å². The van der Waals surface area contributed by atoms with Gasteiger partial charge in [-0.15, -0.1) is 0 Å². The van der Waals surface area contributed by atoms with Crippen LogP contribution >= 0.6 is 15.9 Å². The molecule has 1 aromatic carbocycles. The largest absolute Gasteiger partial charge is 0.253 e. The quantitative estimate of drug-likeness (QED) is 0.738. The van der Waals surface area contributed by atoms with Gasteiger partial charge in [0.15, 0.2) is 0 Å². The molecule has 0 bridgehead atoms. The zero-order valence-electron chi connectivity index (χ0n) is 10.4. The fraction of sp³-hybridized carbons (Fsp3) is 0.267. The summed E-state index contributed by atoms with van der Waals surface area (Å²) in [5.41, 5.74) is 7.19. The van der Waals surface area contributed by atoms with Crippen molar-refractivity contribution in [3.05, 3.63) is 52.7 Å². The van der Waals surface area contributed by atoms with Gasteiger partial charge < -0.3 is 0 Å². The molecule has 0 unspecified atom stereocenters. The average molecular weight is 290 g/mol. The Kier molecular flexibility index (Phi) is 3.63. The molecular weight excluding hydrogens is 274 g/mol. The van der Waals surface area contributed by atoms with Gasteiger partial charge in [-0.05, 0) is 44.0 Å². The van der Waals surface area contributed by atoms with Gasteiger partial charge in [0.1, 0.15) is 0 Å². The first-order valence-electron chi connectivity index (χ1n) is 5.72. The van der Waals surface area contributed by atoms with Gasteiger partial charge in [0.05, 0.1) is 5.69 Å². The van der Waals surface area contributed by atoms with Crippen LogP contribution in [0.15, 0.2) is 30.3 Å². The van der Waals surface area contributed by atoms with Crippen molar-refractivity contribution in [3.8, 4) is 11.3 Å². The molecule has 0 fully saturated rings. The van der Waals surface area contributed by atoms with Crippen LogP contribution in [0, 0.1) is 20.8 Å². The van der Waals surface area contributed by atoms with Gasteiger partial charge in [0.2, 0.25) is 0 Å². The summed E-state index contributed by atoms with van der Waals surface area (Å²) in [4.78, 5) is 4.69. The van der Waals surface area contributed by atoms with Crippen molar-refractivity contribution in [2.45, 2.75) is 26.1 Å². The summed E-state index contributed by atoms with van der Waals surface area (Å²) in [5, 5.41) is 0.860. The number of halogens is 1. The first-order valence-corrected chi connectivity index (χ1v) is 6.84. The van der Waals surface area contributed by atoms with E-state index in [1.165, 1.54) is 22.3 Å². The third kappa shape index (κ3) is 2.58. The lowest BCUT2D eigenvalue weighted by Gasteiger charge is -2.09. The van der Waals surface area contributed by atoms with E-state index in [1.54, 1.807) is 0 Å². The van der Waals surface area contributed by atoms with Crippen molar-refractivity contribution >= 4 is 15.9 Å². The second-order valence-electron chi connectivity index (χ2n) is 4.39. The van der Waals surface area contributed by atoms with Crippen LogP contribution in [0.1, 0.15) is 22.4 Å². The molecule has 0 aliphatic heterocycles. The smallest absolute Gasteiger partial charge is 0.0708 e. The van der Waals surface area contributed by atoms with Crippen LogP contribution in [-0.2, 0) is 5.33 Å². The van der Waals surface area contributed by atoms with E-state index in [0.717, 1.165) is 16.7 Å². The third-order valence-corrected chi connectivity index (χ3v) is 3.61. The zero-order chi connectivity index (χ0) is 12.4. The topological polar surface area (TPSA) is 12.9 Å². The number of hydrogen-bond donors (Lipinski definition) is 0. The highest BCUT2D eigenvalue weighted by molar-refractivity contribution is 9.08. The fourth-order valence-electron chi connectivity index (χ4n) is 1.89. The predicted octanol–water partition coefficient (Wildman–Crippen LogP) is 4.57. The molecule has 0 radical (unpaired) electrons. The lowest BCUT2D eigenvalue weighted by Crippen LogP contribution is -1.94. The van der Waals surface area contributed by atoms with E-state index in [-0.39, 0.29) is 0 Å². The lowest BCUT2D eigenvalue weighted by atomic mass is 10.0. The maximum absolute atomic E-state index is 4.69. The Morgan fingerprint density at radius 1 is 1.06 bits per heavy atom. The van der Waals surface area contributed by atoms with Crippen LogP contribution < -0.4 is 0 Å². The number of aryl methyl sites for hydroxylation is 3. The number of benzene rings is 1. The van der Waals surface area contributed by atoms with Crippen LogP contribution in [0.5, 0.6) is 0 Å². The Bertz CT molecular complexity index is 547. The first-order chi connectivity index (χ1) is 8.11. The third-order valence-electron chi connectivity index (χ3n) is 3.01. The summed E-state index contributed by atoms with van der Waals surface area (Å²) in [6.07, 6.45) is 0. The van der Waals surface area contributed by atoms with E-state index in [9.17, 15) is 0 Å². The SMILES string of the molecule is Cc1ccc(C)c(-c2ccc(CBr)c(C)n2)c1. The lowest BCUT2D eigenvalue weighted by molar-refractivity contribution is 1.14. The summed E-state index contributed by atoms with van der Waals surface area (Å²) in [6, 6.07) is 10.7. The molecule has 88 valence electrons. The molecule has 17 heavy (non-hydrogen) atoms. The predicted molar refractivity (Wildman–Crippen MR) is 76.5 cm³/mol. The van der Waals surface area contributed by atoms with Gasteiger partial charge in [-0.25, -0.2) is 0 Å². The molecule has 0 N–H and O–H groups in total. The Hall–Kier alpha value is -1.15. The highest BCUT2D eigenvalue weighted by atomic mass is 79.9. The summed E-state index contributed by atoms with van der Waals surface area (Å²) in [6.45, 7) is 6.30. The minimum absolute atomic E-state index is 0.860. The standard InChI is InChI=1S/C15H16BrN/c1-10-4-5-11(2)14(8-10)15-7-6-13(9-16)12(3)17-15/h4-8H,9H2,1-3H3. The summed E-state index contributed by atoms with van der Waals surface area (Å²) < 4.78 is 0. The maximum atomic E-state index is 4.69. The van der Waals surface area contributed by atoms with E-state index < -0.39 is 0 Å². The number of rotatable bonds is 2. The number of hydrogen-bond acceptors (Lipinski definition) is 1. The molecule has 0 aliphatic carbocycles. The van der Waals surface area contributed by atoms with Crippen LogP contribution in [0.4, 0.5) is 0 Å². The molecule has 1 aromatic heterocycles. The Balaban J connectivity index is 2.53. The Morgan fingerprint density at radius 3 is 2.47 bits per heavy atom. The molecule has 0 saturated heterocycles. The van der Waals surface area contributed by atoms with Crippen LogP contribution in [0.25, 0.3) is 11.3 Å². The van der Waals surface area contributed by atoms with E-state index in [2.05, 4.69) is 72.0 Å². The van der Waals surface area contributed by atoms with Crippen molar-refractivity contribution in [3.63, 3.8) is 0 Å². The molecule has 1 nitrogen and oxygen atoms in total. The summed E-state index contributed by atoms with van der Waals surface area (Å²) >= 11 is 3.48.